The zero-order chi connectivity index (χ0) is 14.8. The summed E-state index contributed by atoms with van der Waals surface area (Å²) in [6.45, 7) is 0.133. The number of hydrogen-bond acceptors (Lipinski definition) is 3. The summed E-state index contributed by atoms with van der Waals surface area (Å²) in [5.41, 5.74) is -2.07. The average molecular weight is 291 g/mol. The van der Waals surface area contributed by atoms with Crippen LogP contribution in [0.5, 0.6) is 0 Å². The molecule has 8 heteroatoms. The van der Waals surface area contributed by atoms with E-state index in [1.165, 1.54) is 11.1 Å². The number of halogens is 3. The van der Waals surface area contributed by atoms with Gasteiger partial charge in [0.1, 0.15) is 0 Å². The van der Waals surface area contributed by atoms with Crippen LogP contribution in [0.2, 0.25) is 0 Å². The van der Waals surface area contributed by atoms with Crippen LogP contribution in [0.4, 0.5) is 13.2 Å². The molecule has 0 saturated carbocycles. The monoisotopic (exact) mass is 291 g/mol. The molecule has 0 aliphatic carbocycles. The first-order chi connectivity index (χ1) is 9.32. The molecular formula is C12H16F3N3O2. The predicted octanol–water partition coefficient (Wildman–Crippen LogP) is 1.26. The van der Waals surface area contributed by atoms with Gasteiger partial charge in [-0.3, -0.25) is 9.89 Å². The minimum absolute atomic E-state index is 0.0739. The maximum absolute atomic E-state index is 12.8. The van der Waals surface area contributed by atoms with E-state index in [1.54, 1.807) is 6.07 Å². The van der Waals surface area contributed by atoms with Gasteiger partial charge in [-0.15, -0.1) is 0 Å². The van der Waals surface area contributed by atoms with Crippen LogP contribution in [-0.4, -0.2) is 51.0 Å². The number of carbonyl (C=O) groups excluding carboxylic acids is 1. The molecule has 2 N–H and O–H groups in total. The average Bonchev–Trinajstić information content (AvgIpc) is 2.75. The topological polar surface area (TPSA) is 69.2 Å². The van der Waals surface area contributed by atoms with Crippen molar-refractivity contribution in [2.75, 3.05) is 13.1 Å². The zero-order valence-electron chi connectivity index (χ0n) is 10.8. The second-order valence-corrected chi connectivity index (χ2v) is 5.02. The Kier molecular flexibility index (Phi) is 4.03. The molecule has 1 aromatic rings. The lowest BCUT2D eigenvalue weighted by Crippen LogP contribution is -2.46. The summed E-state index contributed by atoms with van der Waals surface area (Å²) in [4.78, 5) is 13.4. The lowest BCUT2D eigenvalue weighted by molar-refractivity contribution is -0.263. The smallest absolute Gasteiger partial charge is 0.380 e. The number of alkyl halides is 3. The molecule has 2 rings (SSSR count). The Labute approximate surface area is 113 Å². The number of aromatic amines is 1. The normalized spacial score (nSPS) is 24.5. The molecule has 1 aliphatic heterocycles. The highest BCUT2D eigenvalue weighted by Gasteiger charge is 2.53. The SMILES string of the molecule is O=C(Cc1ccn[nH]1)N1CCCC(O)(C(F)(F)F)CC1. The number of nitrogens with zero attached hydrogens (tertiary/aromatic N) is 2. The van der Waals surface area contributed by atoms with Gasteiger partial charge in [-0.2, -0.15) is 18.3 Å². The van der Waals surface area contributed by atoms with E-state index >= 15 is 0 Å². The third-order valence-corrected chi connectivity index (χ3v) is 3.59. The quantitative estimate of drug-likeness (QED) is 0.862. The van der Waals surface area contributed by atoms with Gasteiger partial charge in [0.25, 0.3) is 0 Å². The summed E-state index contributed by atoms with van der Waals surface area (Å²) in [5, 5.41) is 16.0. The second-order valence-electron chi connectivity index (χ2n) is 5.02. The van der Waals surface area contributed by atoms with Gasteiger partial charge in [0.2, 0.25) is 5.91 Å². The Morgan fingerprint density at radius 3 is 2.80 bits per heavy atom. The molecule has 2 heterocycles. The van der Waals surface area contributed by atoms with E-state index in [-0.39, 0.29) is 38.3 Å². The Hall–Kier alpha value is -1.57. The molecule has 1 atom stereocenters. The van der Waals surface area contributed by atoms with Crippen molar-refractivity contribution in [2.45, 2.75) is 37.5 Å². The third-order valence-electron chi connectivity index (χ3n) is 3.59. The van der Waals surface area contributed by atoms with Crippen molar-refractivity contribution in [1.82, 2.24) is 15.1 Å². The number of nitrogens with one attached hydrogen (secondary N) is 1. The van der Waals surface area contributed by atoms with Gasteiger partial charge in [0, 0.05) is 31.4 Å². The Morgan fingerprint density at radius 2 is 2.20 bits per heavy atom. The number of H-pyrrole nitrogens is 1. The summed E-state index contributed by atoms with van der Waals surface area (Å²) in [7, 11) is 0. The molecule has 0 spiro atoms. The van der Waals surface area contributed by atoms with E-state index in [1.807, 2.05) is 0 Å². The maximum Gasteiger partial charge on any atom is 0.417 e. The summed E-state index contributed by atoms with van der Waals surface area (Å²) in [5.74, 6) is -0.263. The summed E-state index contributed by atoms with van der Waals surface area (Å²) in [6.07, 6.45) is -3.80. The van der Waals surface area contributed by atoms with E-state index < -0.39 is 18.2 Å². The number of carbonyl (C=O) groups is 1. The fraction of sp³-hybridized carbons (Fsp3) is 0.667. The van der Waals surface area contributed by atoms with Crippen molar-refractivity contribution in [3.8, 4) is 0 Å². The summed E-state index contributed by atoms with van der Waals surface area (Å²) < 4.78 is 38.3. The van der Waals surface area contributed by atoms with Crippen molar-refractivity contribution in [1.29, 1.82) is 0 Å². The van der Waals surface area contributed by atoms with Gasteiger partial charge in [0.15, 0.2) is 5.60 Å². The highest BCUT2D eigenvalue weighted by molar-refractivity contribution is 5.78. The molecule has 1 fully saturated rings. The van der Waals surface area contributed by atoms with Gasteiger partial charge >= 0.3 is 6.18 Å². The van der Waals surface area contributed by atoms with Crippen LogP contribution in [0.1, 0.15) is 25.0 Å². The van der Waals surface area contributed by atoms with Crippen LogP contribution in [-0.2, 0) is 11.2 Å². The number of hydrogen-bond donors (Lipinski definition) is 2. The highest BCUT2D eigenvalue weighted by atomic mass is 19.4. The van der Waals surface area contributed by atoms with Gasteiger partial charge in [0.05, 0.1) is 6.42 Å². The van der Waals surface area contributed by atoms with Gasteiger partial charge in [-0.05, 0) is 18.9 Å². The Morgan fingerprint density at radius 1 is 1.45 bits per heavy atom. The Balaban J connectivity index is 1.97. The van der Waals surface area contributed by atoms with E-state index in [0.29, 0.717) is 5.69 Å². The largest absolute Gasteiger partial charge is 0.417 e. The van der Waals surface area contributed by atoms with Crippen molar-refractivity contribution in [3.63, 3.8) is 0 Å². The Bertz CT molecular complexity index is 461. The van der Waals surface area contributed by atoms with Crippen molar-refractivity contribution < 1.29 is 23.1 Å². The number of aliphatic hydroxyl groups is 1. The third kappa shape index (κ3) is 3.12. The molecule has 0 aromatic carbocycles. The molecule has 1 unspecified atom stereocenters. The van der Waals surface area contributed by atoms with Crippen LogP contribution in [0.3, 0.4) is 0 Å². The van der Waals surface area contributed by atoms with Crippen LogP contribution in [0, 0.1) is 0 Å². The summed E-state index contributed by atoms with van der Waals surface area (Å²) >= 11 is 0. The van der Waals surface area contributed by atoms with E-state index in [0.717, 1.165) is 0 Å². The van der Waals surface area contributed by atoms with Crippen LogP contribution in [0.15, 0.2) is 12.3 Å². The zero-order valence-corrected chi connectivity index (χ0v) is 10.8. The molecule has 112 valence electrons. The van der Waals surface area contributed by atoms with Gasteiger partial charge < -0.3 is 10.0 Å². The fourth-order valence-corrected chi connectivity index (χ4v) is 2.31. The second kappa shape index (κ2) is 5.43. The van der Waals surface area contributed by atoms with Crippen LogP contribution >= 0.6 is 0 Å². The van der Waals surface area contributed by atoms with E-state index in [4.69, 9.17) is 0 Å². The summed E-state index contributed by atoms with van der Waals surface area (Å²) in [6, 6.07) is 1.64. The highest BCUT2D eigenvalue weighted by Crippen LogP contribution is 2.38. The number of amides is 1. The minimum atomic E-state index is -4.66. The molecule has 0 radical (unpaired) electrons. The number of rotatable bonds is 2. The molecular weight excluding hydrogens is 275 g/mol. The molecule has 1 amide bonds. The molecule has 1 aliphatic rings. The minimum Gasteiger partial charge on any atom is -0.380 e. The first-order valence-electron chi connectivity index (χ1n) is 6.37. The lowest BCUT2D eigenvalue weighted by Gasteiger charge is -2.29. The standard InChI is InChI=1S/C12H16F3N3O2/c13-12(14,15)11(20)3-1-6-18(7-4-11)10(19)8-9-2-5-16-17-9/h2,5,20H,1,3-4,6-8H2,(H,16,17). The van der Waals surface area contributed by atoms with Gasteiger partial charge in [-0.1, -0.05) is 0 Å². The molecule has 1 saturated heterocycles. The lowest BCUT2D eigenvalue weighted by atomic mass is 9.94. The van der Waals surface area contributed by atoms with E-state index in [9.17, 15) is 23.1 Å². The van der Waals surface area contributed by atoms with Crippen molar-refractivity contribution in [2.24, 2.45) is 0 Å². The number of aromatic nitrogens is 2. The van der Waals surface area contributed by atoms with E-state index in [2.05, 4.69) is 10.2 Å². The van der Waals surface area contributed by atoms with Crippen molar-refractivity contribution in [3.05, 3.63) is 18.0 Å². The first-order valence-corrected chi connectivity index (χ1v) is 6.37. The first kappa shape index (κ1) is 14.8. The molecule has 0 bridgehead atoms. The molecule has 1 aromatic heterocycles. The van der Waals surface area contributed by atoms with Gasteiger partial charge in [-0.25, -0.2) is 0 Å². The maximum atomic E-state index is 12.8. The van der Waals surface area contributed by atoms with Crippen molar-refractivity contribution >= 4 is 5.91 Å². The molecule has 5 nitrogen and oxygen atoms in total. The predicted molar refractivity (Wildman–Crippen MR) is 63.7 cm³/mol. The van der Waals surface area contributed by atoms with Crippen LogP contribution in [0.25, 0.3) is 0 Å². The number of likely N-dealkylation sites (tertiary alicyclic amines) is 1. The fourth-order valence-electron chi connectivity index (χ4n) is 2.31. The van der Waals surface area contributed by atoms with Crippen LogP contribution < -0.4 is 0 Å². The molecule has 20 heavy (non-hydrogen) atoms.